The molecular formula is C12H12FN5S. The number of hydrogen-bond donors (Lipinski definition) is 1. The molecule has 2 aromatic rings. The SMILES string of the molecule is CC(C)(C)c1nc(Sc2ncc(C#N)cc2F)n[nH]1. The van der Waals surface area contributed by atoms with E-state index < -0.39 is 5.82 Å². The van der Waals surface area contributed by atoms with Gasteiger partial charge in [-0.15, -0.1) is 5.10 Å². The van der Waals surface area contributed by atoms with Crippen molar-refractivity contribution in [1.82, 2.24) is 20.2 Å². The standard InChI is InChI=1S/C12H12FN5S/c1-12(2,3)10-16-11(18-17-10)19-9-8(13)4-7(5-14)6-15-9/h4,6H,1-3H3,(H,16,17,18). The molecule has 0 bridgehead atoms. The van der Waals surface area contributed by atoms with Gasteiger partial charge in [-0.3, -0.25) is 5.10 Å². The van der Waals surface area contributed by atoms with Gasteiger partial charge in [-0.05, 0) is 17.8 Å². The van der Waals surface area contributed by atoms with Crippen molar-refractivity contribution in [3.63, 3.8) is 0 Å². The quantitative estimate of drug-likeness (QED) is 0.913. The van der Waals surface area contributed by atoms with Crippen LogP contribution in [0.4, 0.5) is 4.39 Å². The van der Waals surface area contributed by atoms with Crippen LogP contribution in [0.15, 0.2) is 22.4 Å². The largest absolute Gasteiger partial charge is 0.262 e. The van der Waals surface area contributed by atoms with E-state index in [0.717, 1.165) is 23.7 Å². The Morgan fingerprint density at radius 3 is 2.68 bits per heavy atom. The summed E-state index contributed by atoms with van der Waals surface area (Å²) < 4.78 is 13.7. The summed E-state index contributed by atoms with van der Waals surface area (Å²) in [7, 11) is 0. The van der Waals surface area contributed by atoms with Gasteiger partial charge in [0, 0.05) is 11.6 Å². The summed E-state index contributed by atoms with van der Waals surface area (Å²) in [4.78, 5) is 8.17. The molecule has 98 valence electrons. The van der Waals surface area contributed by atoms with Crippen molar-refractivity contribution >= 4 is 11.8 Å². The van der Waals surface area contributed by atoms with E-state index in [4.69, 9.17) is 5.26 Å². The second-order valence-corrected chi connectivity index (χ2v) is 5.90. The molecule has 1 N–H and O–H groups in total. The average Bonchev–Trinajstić information content (AvgIpc) is 2.80. The van der Waals surface area contributed by atoms with E-state index in [0.29, 0.717) is 5.16 Å². The van der Waals surface area contributed by atoms with Gasteiger partial charge in [-0.25, -0.2) is 14.4 Å². The maximum Gasteiger partial charge on any atom is 0.214 e. The lowest BCUT2D eigenvalue weighted by atomic mass is 9.96. The zero-order valence-corrected chi connectivity index (χ0v) is 11.5. The van der Waals surface area contributed by atoms with Crippen molar-refractivity contribution in [3.05, 3.63) is 29.5 Å². The number of halogens is 1. The van der Waals surface area contributed by atoms with E-state index in [1.807, 2.05) is 26.8 Å². The van der Waals surface area contributed by atoms with E-state index in [1.54, 1.807) is 0 Å². The number of hydrogen-bond acceptors (Lipinski definition) is 5. The number of pyridine rings is 1. The van der Waals surface area contributed by atoms with Crippen LogP contribution in [-0.2, 0) is 5.41 Å². The lowest BCUT2D eigenvalue weighted by Crippen LogP contribution is -2.13. The number of nitrogens with one attached hydrogen (secondary N) is 1. The van der Waals surface area contributed by atoms with Gasteiger partial charge in [0.25, 0.3) is 0 Å². The van der Waals surface area contributed by atoms with Crippen LogP contribution in [0.3, 0.4) is 0 Å². The fourth-order valence-electron chi connectivity index (χ4n) is 1.28. The molecule has 0 atom stereocenters. The second kappa shape index (κ2) is 4.97. The fraction of sp³-hybridized carbons (Fsp3) is 0.333. The van der Waals surface area contributed by atoms with E-state index in [9.17, 15) is 4.39 Å². The van der Waals surface area contributed by atoms with Crippen LogP contribution in [0.2, 0.25) is 0 Å². The van der Waals surface area contributed by atoms with Gasteiger partial charge in [0.15, 0.2) is 5.82 Å². The molecule has 2 heterocycles. The third kappa shape index (κ3) is 3.09. The number of nitriles is 1. The third-order valence-electron chi connectivity index (χ3n) is 2.30. The zero-order chi connectivity index (χ0) is 14.0. The summed E-state index contributed by atoms with van der Waals surface area (Å²) in [6, 6.07) is 2.98. The summed E-state index contributed by atoms with van der Waals surface area (Å²) in [5, 5.41) is 16.0. The molecule has 0 amide bonds. The van der Waals surface area contributed by atoms with Gasteiger partial charge in [0.05, 0.1) is 5.56 Å². The van der Waals surface area contributed by atoms with Crippen LogP contribution in [0, 0.1) is 17.1 Å². The molecule has 0 unspecified atom stereocenters. The van der Waals surface area contributed by atoms with Crippen LogP contribution >= 0.6 is 11.8 Å². The monoisotopic (exact) mass is 277 g/mol. The molecule has 5 nitrogen and oxygen atoms in total. The molecule has 19 heavy (non-hydrogen) atoms. The van der Waals surface area contributed by atoms with Crippen LogP contribution in [0.25, 0.3) is 0 Å². The molecule has 2 rings (SSSR count). The van der Waals surface area contributed by atoms with Gasteiger partial charge < -0.3 is 0 Å². The van der Waals surface area contributed by atoms with Gasteiger partial charge in [-0.1, -0.05) is 20.8 Å². The number of aromatic amines is 1. The highest BCUT2D eigenvalue weighted by Crippen LogP contribution is 2.27. The van der Waals surface area contributed by atoms with Crippen LogP contribution in [0.1, 0.15) is 32.2 Å². The Hall–Kier alpha value is -1.94. The summed E-state index contributed by atoms with van der Waals surface area (Å²) in [6.45, 7) is 6.01. The van der Waals surface area contributed by atoms with Crippen molar-refractivity contribution in [2.45, 2.75) is 36.4 Å². The van der Waals surface area contributed by atoms with E-state index in [1.165, 1.54) is 6.20 Å². The maximum absolute atomic E-state index is 13.7. The number of H-pyrrole nitrogens is 1. The Balaban J connectivity index is 2.22. The minimum absolute atomic E-state index is 0.150. The van der Waals surface area contributed by atoms with Gasteiger partial charge in [-0.2, -0.15) is 5.26 Å². The molecule has 0 spiro atoms. The summed E-state index contributed by atoms with van der Waals surface area (Å²) in [5.41, 5.74) is 0.0369. The molecule has 0 radical (unpaired) electrons. The van der Waals surface area contributed by atoms with E-state index >= 15 is 0 Å². The zero-order valence-electron chi connectivity index (χ0n) is 10.7. The Labute approximate surface area is 114 Å². The summed E-state index contributed by atoms with van der Waals surface area (Å²) in [5.74, 6) is 0.176. The highest BCUT2D eigenvalue weighted by atomic mass is 32.2. The van der Waals surface area contributed by atoms with Crippen LogP contribution < -0.4 is 0 Å². The second-order valence-electron chi connectivity index (χ2n) is 4.94. The Morgan fingerprint density at radius 1 is 1.42 bits per heavy atom. The smallest absolute Gasteiger partial charge is 0.214 e. The number of aromatic nitrogens is 4. The van der Waals surface area contributed by atoms with Gasteiger partial charge in [0.1, 0.15) is 16.9 Å². The Morgan fingerprint density at radius 2 is 2.16 bits per heavy atom. The molecule has 0 aliphatic carbocycles. The predicted molar refractivity (Wildman–Crippen MR) is 68.1 cm³/mol. The van der Waals surface area contributed by atoms with E-state index in [-0.39, 0.29) is 16.0 Å². The van der Waals surface area contributed by atoms with Gasteiger partial charge in [0.2, 0.25) is 5.16 Å². The molecule has 0 saturated heterocycles. The molecule has 0 aliphatic rings. The lowest BCUT2D eigenvalue weighted by molar-refractivity contribution is 0.547. The highest BCUT2D eigenvalue weighted by molar-refractivity contribution is 7.99. The van der Waals surface area contributed by atoms with Crippen molar-refractivity contribution in [1.29, 1.82) is 5.26 Å². The fourth-order valence-corrected chi connectivity index (χ4v) is 1.94. The maximum atomic E-state index is 13.7. The topological polar surface area (TPSA) is 78.2 Å². The molecule has 2 aromatic heterocycles. The van der Waals surface area contributed by atoms with Crippen LogP contribution in [-0.4, -0.2) is 20.2 Å². The van der Waals surface area contributed by atoms with E-state index in [2.05, 4.69) is 20.2 Å². The molecule has 0 aliphatic heterocycles. The highest BCUT2D eigenvalue weighted by Gasteiger charge is 2.19. The third-order valence-corrected chi connectivity index (χ3v) is 3.16. The minimum atomic E-state index is -0.550. The summed E-state index contributed by atoms with van der Waals surface area (Å²) >= 11 is 1.02. The van der Waals surface area contributed by atoms with Crippen molar-refractivity contribution < 1.29 is 4.39 Å². The van der Waals surface area contributed by atoms with Crippen LogP contribution in [0.5, 0.6) is 0 Å². The van der Waals surface area contributed by atoms with Crippen molar-refractivity contribution in [3.8, 4) is 6.07 Å². The predicted octanol–water partition coefficient (Wildman–Crippen LogP) is 2.66. The minimum Gasteiger partial charge on any atom is -0.262 e. The van der Waals surface area contributed by atoms with Crippen molar-refractivity contribution in [2.75, 3.05) is 0 Å². The first-order valence-electron chi connectivity index (χ1n) is 5.56. The first-order chi connectivity index (χ1) is 8.90. The van der Waals surface area contributed by atoms with Crippen molar-refractivity contribution in [2.24, 2.45) is 0 Å². The molecule has 0 saturated carbocycles. The first kappa shape index (κ1) is 13.5. The first-order valence-corrected chi connectivity index (χ1v) is 6.38. The number of rotatable bonds is 2. The average molecular weight is 277 g/mol. The summed E-state index contributed by atoms with van der Waals surface area (Å²) in [6.07, 6.45) is 1.32. The molecule has 0 aromatic carbocycles. The lowest BCUT2D eigenvalue weighted by Gasteiger charge is -2.12. The molecular weight excluding hydrogens is 265 g/mol. The number of nitrogens with zero attached hydrogens (tertiary/aromatic N) is 4. The molecule has 7 heteroatoms. The Kier molecular flexibility index (Phi) is 3.53. The molecule has 0 fully saturated rings. The van der Waals surface area contributed by atoms with Gasteiger partial charge >= 0.3 is 0 Å². The normalized spacial score (nSPS) is 11.3. The Bertz CT molecular complexity index is 638.